The van der Waals surface area contributed by atoms with Gasteiger partial charge in [0.05, 0.1) is 33.1 Å². The van der Waals surface area contributed by atoms with Gasteiger partial charge in [0.1, 0.15) is 0 Å². The maximum atomic E-state index is 2.55. The maximum absolute atomic E-state index is 2.55. The Hall–Kier alpha value is -12.9. The van der Waals surface area contributed by atoms with E-state index in [9.17, 15) is 0 Å². The third kappa shape index (κ3) is 11.2. The summed E-state index contributed by atoms with van der Waals surface area (Å²) in [7, 11) is 0. The second kappa shape index (κ2) is 26.4. The lowest BCUT2D eigenvalue weighted by Crippen LogP contribution is -2.33. The summed E-state index contributed by atoms with van der Waals surface area (Å²) >= 11 is 0. The van der Waals surface area contributed by atoms with Crippen LogP contribution in [0.1, 0.15) is 70.5 Å². The van der Waals surface area contributed by atoms with Crippen LogP contribution in [0.25, 0.3) is 82.5 Å². The van der Waals surface area contributed by atoms with Crippen molar-refractivity contribution in [1.29, 1.82) is 0 Å². The third-order valence-corrected chi connectivity index (χ3v) is 22.7. The van der Waals surface area contributed by atoms with Crippen LogP contribution in [0.2, 0.25) is 0 Å². The molecule has 0 aliphatic heterocycles. The van der Waals surface area contributed by atoms with E-state index in [4.69, 9.17) is 0 Å². The van der Waals surface area contributed by atoms with Crippen molar-refractivity contribution in [2.24, 2.45) is 0 Å². The van der Waals surface area contributed by atoms with Gasteiger partial charge in [-0.2, -0.15) is 0 Å². The van der Waals surface area contributed by atoms with Gasteiger partial charge in [0.15, 0.2) is 0 Å². The Balaban J connectivity index is 0.691. The van der Waals surface area contributed by atoms with Crippen LogP contribution >= 0.6 is 0 Å². The number of benzene rings is 15. The van der Waals surface area contributed by atoms with Crippen LogP contribution in [-0.4, -0.2) is 13.7 Å². The van der Waals surface area contributed by atoms with Crippen LogP contribution in [0.3, 0.4) is 0 Å². The molecule has 1 aliphatic carbocycles. The van der Waals surface area contributed by atoms with Crippen LogP contribution in [0, 0.1) is 27.7 Å². The standard InChI is InChI=1S/C100H80N6/c1-68-27-40-76(41-28-68)101(77-42-29-69(2)30-43-77)80-48-36-74(37-49-80)100(75-38-50-81(51-39-75)102(78-44-31-70(3)32-45-78)79-46-33-71(4)34-47-79)65-15-16-73(67-100)72-35-64-99-93(66-72)92-21-9-14-26-98(92)106(99)87-62-56-84(57-63-87)103(82-52-58-85(59-53-82)104-94-22-10-5-17-88(94)89-18-6-11-23-95(89)104)83-54-60-86(61-55-83)105-96-24-12-7-19-90(96)91-20-8-13-25-97(91)105/h5-14,17-64,66,73H,15-16,65,67H2,1-4H3. The fraction of sp³-hybridized carbons (Fsp3) is 0.100. The molecule has 6 nitrogen and oxygen atoms in total. The minimum absolute atomic E-state index is 0.279. The molecule has 1 atom stereocenters. The number of para-hydroxylation sites is 5. The quantitative estimate of drug-likeness (QED) is 0.102. The van der Waals surface area contributed by atoms with Gasteiger partial charge in [-0.15, -0.1) is 0 Å². The van der Waals surface area contributed by atoms with Gasteiger partial charge in [-0.1, -0.05) is 199 Å². The van der Waals surface area contributed by atoms with Gasteiger partial charge in [-0.05, 0) is 258 Å². The highest BCUT2D eigenvalue weighted by Gasteiger charge is 2.41. The highest BCUT2D eigenvalue weighted by atomic mass is 15.2. The Morgan fingerprint density at radius 1 is 0.255 bits per heavy atom. The molecule has 3 aromatic heterocycles. The number of fused-ring (bicyclic) bond motifs is 9. The van der Waals surface area contributed by atoms with Gasteiger partial charge in [0.25, 0.3) is 0 Å². The van der Waals surface area contributed by atoms with Crippen molar-refractivity contribution >= 4 is 117 Å². The Labute approximate surface area is 619 Å². The van der Waals surface area contributed by atoms with Crippen LogP contribution < -0.4 is 14.7 Å². The molecule has 1 unspecified atom stereocenters. The van der Waals surface area contributed by atoms with E-state index in [2.05, 4.69) is 414 Å². The van der Waals surface area contributed by atoms with E-state index in [1.165, 1.54) is 104 Å². The average molecular weight is 1370 g/mol. The zero-order valence-electron chi connectivity index (χ0n) is 60.2. The van der Waals surface area contributed by atoms with Crippen LogP contribution in [0.15, 0.2) is 358 Å². The first-order valence-electron chi connectivity index (χ1n) is 37.4. The molecule has 18 aromatic rings. The summed E-state index contributed by atoms with van der Waals surface area (Å²) in [5.41, 5.74) is 29.3. The largest absolute Gasteiger partial charge is 0.311 e. The molecule has 15 aromatic carbocycles. The predicted octanol–water partition coefficient (Wildman–Crippen LogP) is 27.3. The van der Waals surface area contributed by atoms with Gasteiger partial charge in [0, 0.05) is 106 Å². The summed E-state index contributed by atoms with van der Waals surface area (Å²) in [6.07, 6.45) is 4.21. The molecule has 1 aliphatic rings. The molecule has 0 saturated heterocycles. The zero-order valence-corrected chi connectivity index (χ0v) is 60.2. The lowest BCUT2D eigenvalue weighted by atomic mass is 9.61. The molecule has 106 heavy (non-hydrogen) atoms. The number of aryl methyl sites for hydroxylation is 4. The van der Waals surface area contributed by atoms with E-state index < -0.39 is 0 Å². The van der Waals surface area contributed by atoms with Gasteiger partial charge >= 0.3 is 0 Å². The molecule has 510 valence electrons. The van der Waals surface area contributed by atoms with Crippen molar-refractivity contribution in [3.8, 4) is 17.1 Å². The molecular weight excluding hydrogens is 1290 g/mol. The Morgan fingerprint density at radius 2 is 0.500 bits per heavy atom. The fourth-order valence-corrected chi connectivity index (χ4v) is 17.4. The summed E-state index contributed by atoms with van der Waals surface area (Å²) in [5.74, 6) is 0.296. The number of anilines is 9. The second-order valence-corrected chi connectivity index (χ2v) is 29.2. The monoisotopic (exact) mass is 1360 g/mol. The highest BCUT2D eigenvalue weighted by molar-refractivity contribution is 6.11. The average Bonchev–Trinajstić information content (AvgIpc) is 0.857. The molecule has 6 heteroatoms. The van der Waals surface area contributed by atoms with Gasteiger partial charge < -0.3 is 28.4 Å². The smallest absolute Gasteiger partial charge is 0.0541 e. The number of aromatic nitrogens is 3. The Morgan fingerprint density at radius 3 is 0.792 bits per heavy atom. The minimum atomic E-state index is -0.279. The lowest BCUT2D eigenvalue weighted by molar-refractivity contribution is 0.310. The van der Waals surface area contributed by atoms with Crippen molar-refractivity contribution < 1.29 is 0 Å². The Bertz CT molecular complexity index is 5770. The van der Waals surface area contributed by atoms with Gasteiger partial charge in [-0.25, -0.2) is 0 Å². The second-order valence-electron chi connectivity index (χ2n) is 29.2. The first kappa shape index (κ1) is 64.0. The summed E-state index contributed by atoms with van der Waals surface area (Å²) < 4.78 is 7.27. The molecular formula is C100H80N6. The molecule has 3 heterocycles. The van der Waals surface area contributed by atoms with Crippen LogP contribution in [-0.2, 0) is 5.41 Å². The molecule has 0 radical (unpaired) electrons. The van der Waals surface area contributed by atoms with Gasteiger partial charge in [0.2, 0.25) is 0 Å². The number of rotatable bonds is 15. The third-order valence-electron chi connectivity index (χ3n) is 22.7. The van der Waals surface area contributed by atoms with E-state index >= 15 is 0 Å². The predicted molar refractivity (Wildman–Crippen MR) is 447 cm³/mol. The van der Waals surface area contributed by atoms with Crippen molar-refractivity contribution in [3.63, 3.8) is 0 Å². The summed E-state index contributed by atoms with van der Waals surface area (Å²) in [5, 5.41) is 7.53. The van der Waals surface area contributed by atoms with Crippen LogP contribution in [0.4, 0.5) is 51.2 Å². The minimum Gasteiger partial charge on any atom is -0.311 e. The Kier molecular flexibility index (Phi) is 15.9. The first-order valence-corrected chi connectivity index (χ1v) is 37.4. The van der Waals surface area contributed by atoms with E-state index in [1.54, 1.807) is 0 Å². The number of nitrogens with zero attached hydrogens (tertiary/aromatic N) is 6. The SMILES string of the molecule is Cc1ccc(N(c2ccc(C)cc2)c2ccc(C3(c4ccc(N(c5ccc(C)cc5)c5ccc(C)cc5)cc4)CCCC(c4ccc5c(c4)c4ccccc4n5-c4ccc(N(c5ccc(-n6c7ccccc7c7ccccc76)cc5)c5ccc(-n6c7ccccc7c7ccccc76)cc5)cc4)C3)cc2)cc1. The maximum Gasteiger partial charge on any atom is 0.0541 e. The molecule has 1 saturated carbocycles. The lowest BCUT2D eigenvalue weighted by Gasteiger charge is -2.43. The van der Waals surface area contributed by atoms with Crippen molar-refractivity contribution in [2.45, 2.75) is 64.7 Å². The molecule has 19 rings (SSSR count). The molecule has 0 bridgehead atoms. The van der Waals surface area contributed by atoms with Crippen molar-refractivity contribution in [3.05, 3.63) is 397 Å². The first-order chi connectivity index (χ1) is 52.2. The highest BCUT2D eigenvalue weighted by Crippen LogP contribution is 2.53. The van der Waals surface area contributed by atoms with E-state index in [0.29, 0.717) is 5.92 Å². The summed E-state index contributed by atoms with van der Waals surface area (Å²) in [6, 6.07) is 134. The normalized spacial score (nSPS) is 13.7. The van der Waals surface area contributed by atoms with E-state index in [0.717, 1.165) is 93.9 Å². The fourth-order valence-electron chi connectivity index (χ4n) is 17.4. The molecule has 1 fully saturated rings. The van der Waals surface area contributed by atoms with Crippen molar-refractivity contribution in [1.82, 2.24) is 13.7 Å². The zero-order chi connectivity index (χ0) is 71.0. The van der Waals surface area contributed by atoms with Crippen LogP contribution in [0.5, 0.6) is 0 Å². The molecule has 0 N–H and O–H groups in total. The van der Waals surface area contributed by atoms with Crippen molar-refractivity contribution in [2.75, 3.05) is 14.7 Å². The molecule has 0 amide bonds. The van der Waals surface area contributed by atoms with E-state index in [-0.39, 0.29) is 5.41 Å². The van der Waals surface area contributed by atoms with E-state index in [1.807, 2.05) is 0 Å². The number of hydrogen-bond donors (Lipinski definition) is 0. The summed E-state index contributed by atoms with van der Waals surface area (Å²) in [4.78, 5) is 7.19. The van der Waals surface area contributed by atoms with Gasteiger partial charge in [-0.3, -0.25) is 0 Å². The molecule has 0 spiro atoms. The topological polar surface area (TPSA) is 24.5 Å². The summed E-state index contributed by atoms with van der Waals surface area (Å²) in [6.45, 7) is 8.64. The number of hydrogen-bond acceptors (Lipinski definition) is 3.